The van der Waals surface area contributed by atoms with Crippen LogP contribution in [-0.4, -0.2) is 30.5 Å². The van der Waals surface area contributed by atoms with Gasteiger partial charge in [-0.15, -0.1) is 0 Å². The Morgan fingerprint density at radius 2 is 2.09 bits per heavy atom. The number of sulfonamides is 1. The minimum atomic E-state index is -3.38. The van der Waals surface area contributed by atoms with Crippen LogP contribution in [0.1, 0.15) is 10.4 Å². The molecule has 3 rings (SSSR count). The molecular formula is C14H12N4O3S2. The maximum absolute atomic E-state index is 12.2. The molecule has 2 heterocycles. The minimum Gasteiger partial charge on any atom is -0.321 e. The number of carbonyl (C=O) groups is 1. The summed E-state index contributed by atoms with van der Waals surface area (Å²) in [5, 5.41) is 3.01. The number of thiazole rings is 1. The highest BCUT2D eigenvalue weighted by Gasteiger charge is 2.12. The normalized spacial score (nSPS) is 11.3. The van der Waals surface area contributed by atoms with Gasteiger partial charge in [-0.05, 0) is 30.3 Å². The molecule has 0 saturated heterocycles. The molecule has 0 aliphatic carbocycles. The lowest BCUT2D eigenvalue weighted by Gasteiger charge is -2.04. The monoisotopic (exact) mass is 348 g/mol. The number of nitrogens with one attached hydrogen (secondary N) is 2. The molecule has 3 aromatic rings. The van der Waals surface area contributed by atoms with Crippen LogP contribution in [0, 0.1) is 0 Å². The summed E-state index contributed by atoms with van der Waals surface area (Å²) in [5.41, 5.74) is 1.68. The van der Waals surface area contributed by atoms with Gasteiger partial charge in [0.25, 0.3) is 5.91 Å². The van der Waals surface area contributed by atoms with Gasteiger partial charge in [0.1, 0.15) is 0 Å². The molecule has 0 atom stereocenters. The number of anilines is 2. The number of nitrogens with zero attached hydrogens (tertiary/aromatic N) is 2. The van der Waals surface area contributed by atoms with Gasteiger partial charge in [0, 0.05) is 11.8 Å². The number of pyridine rings is 1. The number of amides is 1. The lowest BCUT2D eigenvalue weighted by molar-refractivity contribution is 0.102. The van der Waals surface area contributed by atoms with E-state index in [9.17, 15) is 13.2 Å². The van der Waals surface area contributed by atoms with Crippen molar-refractivity contribution >= 4 is 48.3 Å². The molecule has 23 heavy (non-hydrogen) atoms. The van der Waals surface area contributed by atoms with Crippen molar-refractivity contribution in [1.82, 2.24) is 9.97 Å². The number of hydrogen-bond acceptors (Lipinski definition) is 6. The SMILES string of the molecule is CS(=O)(=O)Nc1nc2ccc(C(=O)Nc3cccnc3)cc2s1. The van der Waals surface area contributed by atoms with E-state index in [1.54, 1.807) is 42.7 Å². The molecule has 0 aliphatic rings. The summed E-state index contributed by atoms with van der Waals surface area (Å²) in [6.07, 6.45) is 4.23. The van der Waals surface area contributed by atoms with Crippen LogP contribution in [0.2, 0.25) is 0 Å². The van der Waals surface area contributed by atoms with E-state index < -0.39 is 10.0 Å². The molecular weight excluding hydrogens is 336 g/mol. The fourth-order valence-electron chi connectivity index (χ4n) is 1.91. The summed E-state index contributed by atoms with van der Waals surface area (Å²) >= 11 is 1.17. The number of aromatic nitrogens is 2. The molecule has 1 aromatic carbocycles. The van der Waals surface area contributed by atoms with Gasteiger partial charge in [0.2, 0.25) is 10.0 Å². The maximum Gasteiger partial charge on any atom is 0.255 e. The van der Waals surface area contributed by atoms with Crippen LogP contribution >= 0.6 is 11.3 Å². The van der Waals surface area contributed by atoms with Gasteiger partial charge in [-0.3, -0.25) is 14.5 Å². The van der Waals surface area contributed by atoms with Crippen molar-refractivity contribution in [2.75, 3.05) is 16.3 Å². The zero-order valence-electron chi connectivity index (χ0n) is 12.0. The average molecular weight is 348 g/mol. The van der Waals surface area contributed by atoms with Gasteiger partial charge in [-0.2, -0.15) is 0 Å². The first kappa shape index (κ1) is 15.4. The van der Waals surface area contributed by atoms with Crippen LogP contribution in [0.5, 0.6) is 0 Å². The molecule has 9 heteroatoms. The highest BCUT2D eigenvalue weighted by atomic mass is 32.2. The number of fused-ring (bicyclic) bond motifs is 1. The smallest absolute Gasteiger partial charge is 0.255 e. The predicted octanol–water partition coefficient (Wildman–Crippen LogP) is 2.32. The van der Waals surface area contributed by atoms with Crippen molar-refractivity contribution in [3.8, 4) is 0 Å². The van der Waals surface area contributed by atoms with Crippen molar-refractivity contribution < 1.29 is 13.2 Å². The summed E-state index contributed by atoms with van der Waals surface area (Å²) in [6, 6.07) is 8.46. The van der Waals surface area contributed by atoms with Crippen LogP contribution in [0.25, 0.3) is 10.2 Å². The molecule has 0 radical (unpaired) electrons. The third-order valence-corrected chi connectivity index (χ3v) is 4.47. The van der Waals surface area contributed by atoms with E-state index in [0.717, 1.165) is 11.0 Å². The number of rotatable bonds is 4. The Labute approximate surface area is 136 Å². The van der Waals surface area contributed by atoms with Gasteiger partial charge in [-0.1, -0.05) is 11.3 Å². The highest BCUT2D eigenvalue weighted by Crippen LogP contribution is 2.27. The predicted molar refractivity (Wildman–Crippen MR) is 90.3 cm³/mol. The van der Waals surface area contributed by atoms with Crippen molar-refractivity contribution in [3.63, 3.8) is 0 Å². The fourth-order valence-corrected chi connectivity index (χ4v) is 3.65. The first-order chi connectivity index (χ1) is 10.9. The maximum atomic E-state index is 12.2. The Kier molecular flexibility index (Phi) is 3.97. The Bertz CT molecular complexity index is 968. The second-order valence-electron chi connectivity index (χ2n) is 4.77. The fraction of sp³-hybridized carbons (Fsp3) is 0.0714. The number of hydrogen-bond donors (Lipinski definition) is 2. The van der Waals surface area contributed by atoms with E-state index in [2.05, 4.69) is 20.0 Å². The Hall–Kier alpha value is -2.52. The van der Waals surface area contributed by atoms with Gasteiger partial charge >= 0.3 is 0 Å². The Morgan fingerprint density at radius 3 is 2.78 bits per heavy atom. The molecule has 0 saturated carbocycles. The Morgan fingerprint density at radius 1 is 1.26 bits per heavy atom. The van der Waals surface area contributed by atoms with E-state index >= 15 is 0 Å². The van der Waals surface area contributed by atoms with E-state index in [0.29, 0.717) is 16.8 Å². The van der Waals surface area contributed by atoms with Crippen molar-refractivity contribution in [2.24, 2.45) is 0 Å². The molecule has 0 aliphatic heterocycles. The first-order valence-electron chi connectivity index (χ1n) is 6.50. The van der Waals surface area contributed by atoms with Gasteiger partial charge < -0.3 is 5.32 Å². The topological polar surface area (TPSA) is 101 Å². The number of carbonyl (C=O) groups excluding carboxylic acids is 1. The first-order valence-corrected chi connectivity index (χ1v) is 9.21. The second kappa shape index (κ2) is 5.94. The molecule has 7 nitrogen and oxygen atoms in total. The van der Waals surface area contributed by atoms with E-state index in [1.165, 1.54) is 11.3 Å². The Balaban J connectivity index is 1.86. The molecule has 0 bridgehead atoms. The summed E-state index contributed by atoms with van der Waals surface area (Å²) in [7, 11) is -3.38. The van der Waals surface area contributed by atoms with Crippen LogP contribution in [-0.2, 0) is 10.0 Å². The highest BCUT2D eigenvalue weighted by molar-refractivity contribution is 7.92. The molecule has 2 N–H and O–H groups in total. The van der Waals surface area contributed by atoms with Crippen LogP contribution in [0.3, 0.4) is 0 Å². The third-order valence-electron chi connectivity index (χ3n) is 2.84. The molecule has 0 fully saturated rings. The molecule has 0 unspecified atom stereocenters. The second-order valence-corrected chi connectivity index (χ2v) is 7.55. The molecule has 0 spiro atoms. The van der Waals surface area contributed by atoms with Gasteiger partial charge in [-0.25, -0.2) is 13.4 Å². The summed E-state index contributed by atoms with van der Waals surface area (Å²) in [5.74, 6) is -0.272. The molecule has 118 valence electrons. The van der Waals surface area contributed by atoms with Gasteiger partial charge in [0.05, 0.1) is 28.4 Å². The summed E-state index contributed by atoms with van der Waals surface area (Å²) < 4.78 is 25.5. The van der Waals surface area contributed by atoms with Gasteiger partial charge in [0.15, 0.2) is 5.13 Å². The largest absolute Gasteiger partial charge is 0.321 e. The summed E-state index contributed by atoms with van der Waals surface area (Å²) in [4.78, 5) is 20.3. The lowest BCUT2D eigenvalue weighted by atomic mass is 10.2. The van der Waals surface area contributed by atoms with Crippen LogP contribution in [0.15, 0.2) is 42.7 Å². The third kappa shape index (κ3) is 3.82. The minimum absolute atomic E-state index is 0.271. The zero-order valence-corrected chi connectivity index (χ0v) is 13.6. The average Bonchev–Trinajstić information content (AvgIpc) is 2.87. The van der Waals surface area contributed by atoms with Crippen LogP contribution in [0.4, 0.5) is 10.8 Å². The zero-order chi connectivity index (χ0) is 16.4. The van der Waals surface area contributed by atoms with E-state index in [1.807, 2.05) is 0 Å². The lowest BCUT2D eigenvalue weighted by Crippen LogP contribution is -2.11. The van der Waals surface area contributed by atoms with E-state index in [4.69, 9.17) is 0 Å². The van der Waals surface area contributed by atoms with Crippen molar-refractivity contribution in [1.29, 1.82) is 0 Å². The molecule has 2 aromatic heterocycles. The molecule has 1 amide bonds. The number of benzene rings is 1. The van der Waals surface area contributed by atoms with E-state index in [-0.39, 0.29) is 11.0 Å². The quantitative estimate of drug-likeness (QED) is 0.753. The van der Waals surface area contributed by atoms with Crippen LogP contribution < -0.4 is 10.0 Å². The standard InChI is InChI=1S/C14H12N4O3S2/c1-23(20,21)18-14-17-11-5-4-9(7-12(11)22-14)13(19)16-10-3-2-6-15-8-10/h2-8H,1H3,(H,16,19)(H,17,18). The van der Waals surface area contributed by atoms with Crippen molar-refractivity contribution in [2.45, 2.75) is 0 Å². The summed E-state index contributed by atoms with van der Waals surface area (Å²) in [6.45, 7) is 0. The van der Waals surface area contributed by atoms with Crippen molar-refractivity contribution in [3.05, 3.63) is 48.3 Å².